The second-order valence-electron chi connectivity index (χ2n) is 4.57. The maximum absolute atomic E-state index is 12.4. The fourth-order valence-electron chi connectivity index (χ4n) is 1.82. The van der Waals surface area contributed by atoms with Gasteiger partial charge in [0.05, 0.1) is 18.0 Å². The monoisotopic (exact) mass is 314 g/mol. The van der Waals surface area contributed by atoms with Crippen LogP contribution >= 0.6 is 0 Å². The molecule has 6 nitrogen and oxygen atoms in total. The van der Waals surface area contributed by atoms with Gasteiger partial charge >= 0.3 is 0 Å². The average Bonchev–Trinajstić information content (AvgIpc) is 2.41. The normalized spacial score (nSPS) is 11.5. The second kappa shape index (κ2) is 7.42. The Morgan fingerprint density at radius 3 is 2.52 bits per heavy atom. The number of nitrogens with zero attached hydrogens (tertiary/aromatic N) is 1. The average molecular weight is 314 g/mol. The molecule has 1 amide bonds. The summed E-state index contributed by atoms with van der Waals surface area (Å²) < 4.78 is 31.2. The molecule has 0 saturated carbocycles. The van der Waals surface area contributed by atoms with Gasteiger partial charge in [-0.1, -0.05) is 0 Å². The lowest BCUT2D eigenvalue weighted by Gasteiger charge is -2.17. The first kappa shape index (κ1) is 17.5. The van der Waals surface area contributed by atoms with Crippen LogP contribution in [0.1, 0.15) is 19.4 Å². The molecule has 118 valence electrons. The molecule has 0 saturated heterocycles. The van der Waals surface area contributed by atoms with Crippen LogP contribution in [0.2, 0.25) is 0 Å². The van der Waals surface area contributed by atoms with Gasteiger partial charge in [0.2, 0.25) is 15.9 Å². The SMILES string of the molecule is CCNC(=O)CN(C)S(=O)(=O)c1ccc(OCC)c(C)c1. The standard InChI is InChI=1S/C14H22N2O4S/c1-5-15-14(17)10-16(4)21(18,19)12-7-8-13(20-6-2)11(3)9-12/h7-9H,5-6,10H2,1-4H3,(H,15,17). The molecule has 0 radical (unpaired) electrons. The van der Waals surface area contributed by atoms with Crippen LogP contribution in [0.3, 0.4) is 0 Å². The summed E-state index contributed by atoms with van der Waals surface area (Å²) in [6.45, 7) is 6.21. The Balaban J connectivity index is 2.97. The van der Waals surface area contributed by atoms with E-state index in [1.165, 1.54) is 13.1 Å². The van der Waals surface area contributed by atoms with Gasteiger partial charge in [-0.25, -0.2) is 8.42 Å². The molecule has 0 fully saturated rings. The Morgan fingerprint density at radius 1 is 1.33 bits per heavy atom. The highest BCUT2D eigenvalue weighted by Gasteiger charge is 2.23. The van der Waals surface area contributed by atoms with Crippen molar-refractivity contribution in [3.63, 3.8) is 0 Å². The summed E-state index contributed by atoms with van der Waals surface area (Å²) in [4.78, 5) is 11.6. The van der Waals surface area contributed by atoms with E-state index in [9.17, 15) is 13.2 Å². The van der Waals surface area contributed by atoms with Gasteiger partial charge in [0.1, 0.15) is 5.75 Å². The van der Waals surface area contributed by atoms with E-state index in [-0.39, 0.29) is 17.3 Å². The molecule has 0 aromatic heterocycles. The van der Waals surface area contributed by atoms with Gasteiger partial charge in [-0.2, -0.15) is 4.31 Å². The van der Waals surface area contributed by atoms with Crippen molar-refractivity contribution in [3.05, 3.63) is 23.8 Å². The summed E-state index contributed by atoms with van der Waals surface area (Å²) in [5.74, 6) is 0.328. The minimum Gasteiger partial charge on any atom is -0.494 e. The van der Waals surface area contributed by atoms with Crippen LogP contribution < -0.4 is 10.1 Å². The third-order valence-corrected chi connectivity index (χ3v) is 4.69. The van der Waals surface area contributed by atoms with Crippen molar-refractivity contribution in [2.75, 3.05) is 26.7 Å². The minimum absolute atomic E-state index is 0.148. The van der Waals surface area contributed by atoms with Crippen LogP contribution in [0.4, 0.5) is 0 Å². The first-order valence-corrected chi connectivity index (χ1v) is 8.23. The number of amides is 1. The topological polar surface area (TPSA) is 75.7 Å². The third-order valence-electron chi connectivity index (χ3n) is 2.89. The van der Waals surface area contributed by atoms with Crippen molar-refractivity contribution >= 4 is 15.9 Å². The van der Waals surface area contributed by atoms with E-state index in [4.69, 9.17) is 4.74 Å². The first-order chi connectivity index (χ1) is 9.82. The molecule has 7 heteroatoms. The molecule has 21 heavy (non-hydrogen) atoms. The van der Waals surface area contributed by atoms with Crippen LogP contribution in [-0.2, 0) is 14.8 Å². The molecule has 0 bridgehead atoms. The highest BCUT2D eigenvalue weighted by atomic mass is 32.2. The highest BCUT2D eigenvalue weighted by Crippen LogP contribution is 2.23. The lowest BCUT2D eigenvalue weighted by atomic mass is 10.2. The quantitative estimate of drug-likeness (QED) is 0.819. The largest absolute Gasteiger partial charge is 0.494 e. The Morgan fingerprint density at radius 2 is 2.00 bits per heavy atom. The molecule has 0 aliphatic rings. The van der Waals surface area contributed by atoms with Crippen LogP contribution in [0, 0.1) is 6.92 Å². The van der Waals surface area contributed by atoms with Gasteiger partial charge in [0, 0.05) is 13.6 Å². The van der Waals surface area contributed by atoms with E-state index in [1.54, 1.807) is 26.0 Å². The van der Waals surface area contributed by atoms with Crippen molar-refractivity contribution < 1.29 is 17.9 Å². The summed E-state index contributed by atoms with van der Waals surface area (Å²) in [5, 5.41) is 2.57. The molecule has 1 N–H and O–H groups in total. The second-order valence-corrected chi connectivity index (χ2v) is 6.62. The molecule has 0 aliphatic carbocycles. The van der Waals surface area contributed by atoms with Gasteiger partial charge in [0.25, 0.3) is 0 Å². The Kier molecular flexibility index (Phi) is 6.17. The Bertz CT molecular complexity index is 599. The van der Waals surface area contributed by atoms with Crippen molar-refractivity contribution in [1.82, 2.24) is 9.62 Å². The van der Waals surface area contributed by atoms with Crippen molar-refractivity contribution in [3.8, 4) is 5.75 Å². The number of benzene rings is 1. The van der Waals surface area contributed by atoms with Gasteiger partial charge in [-0.15, -0.1) is 0 Å². The molecular weight excluding hydrogens is 292 g/mol. The van der Waals surface area contributed by atoms with Crippen LogP contribution in [0.25, 0.3) is 0 Å². The number of ether oxygens (including phenoxy) is 1. The molecule has 1 aromatic carbocycles. The van der Waals surface area contributed by atoms with E-state index in [2.05, 4.69) is 5.32 Å². The number of hydrogen-bond acceptors (Lipinski definition) is 4. The zero-order valence-electron chi connectivity index (χ0n) is 12.8. The summed E-state index contributed by atoms with van der Waals surface area (Å²) in [6, 6.07) is 4.67. The number of nitrogens with one attached hydrogen (secondary N) is 1. The maximum Gasteiger partial charge on any atom is 0.243 e. The molecule has 0 atom stereocenters. The van der Waals surface area contributed by atoms with Crippen molar-refractivity contribution in [2.24, 2.45) is 0 Å². The number of carbonyl (C=O) groups excluding carboxylic acids is 1. The predicted octanol–water partition coefficient (Wildman–Crippen LogP) is 1.15. The molecule has 0 aliphatic heterocycles. The summed E-state index contributed by atoms with van der Waals surface area (Å²) in [5.41, 5.74) is 0.740. The third kappa shape index (κ3) is 4.44. The molecule has 0 heterocycles. The number of sulfonamides is 1. The highest BCUT2D eigenvalue weighted by molar-refractivity contribution is 7.89. The molecule has 0 spiro atoms. The van der Waals surface area contributed by atoms with Gasteiger partial charge in [-0.3, -0.25) is 4.79 Å². The van der Waals surface area contributed by atoms with Crippen LogP contribution in [0.5, 0.6) is 5.75 Å². The van der Waals surface area contributed by atoms with Crippen LogP contribution in [-0.4, -0.2) is 45.4 Å². The number of rotatable bonds is 7. The number of likely N-dealkylation sites (N-methyl/N-ethyl adjacent to an activating group) is 2. The first-order valence-electron chi connectivity index (χ1n) is 6.79. The molecule has 1 rings (SSSR count). The number of aryl methyl sites for hydroxylation is 1. The molecule has 0 unspecified atom stereocenters. The van der Waals surface area contributed by atoms with Gasteiger partial charge in [-0.05, 0) is 44.5 Å². The molecular formula is C14H22N2O4S. The Hall–Kier alpha value is -1.60. The van der Waals surface area contributed by atoms with E-state index >= 15 is 0 Å². The lowest BCUT2D eigenvalue weighted by molar-refractivity contribution is -0.121. The maximum atomic E-state index is 12.4. The van der Waals surface area contributed by atoms with Crippen LogP contribution in [0.15, 0.2) is 23.1 Å². The number of carbonyl (C=O) groups is 1. The van der Waals surface area contributed by atoms with Gasteiger partial charge < -0.3 is 10.1 Å². The van der Waals surface area contributed by atoms with E-state index in [1.807, 2.05) is 6.92 Å². The number of hydrogen-bond donors (Lipinski definition) is 1. The van der Waals surface area contributed by atoms with E-state index in [0.717, 1.165) is 9.87 Å². The zero-order chi connectivity index (χ0) is 16.0. The predicted molar refractivity (Wildman–Crippen MR) is 80.8 cm³/mol. The van der Waals surface area contributed by atoms with Crippen molar-refractivity contribution in [1.29, 1.82) is 0 Å². The fourth-order valence-corrected chi connectivity index (χ4v) is 3.03. The summed E-state index contributed by atoms with van der Waals surface area (Å²) in [7, 11) is -2.30. The van der Waals surface area contributed by atoms with E-state index in [0.29, 0.717) is 18.9 Å². The summed E-state index contributed by atoms with van der Waals surface area (Å²) in [6.07, 6.45) is 0. The zero-order valence-corrected chi connectivity index (χ0v) is 13.7. The fraction of sp³-hybridized carbons (Fsp3) is 0.500. The molecule has 1 aromatic rings. The Labute approximate surface area is 126 Å². The minimum atomic E-state index is -3.69. The van der Waals surface area contributed by atoms with Crippen molar-refractivity contribution in [2.45, 2.75) is 25.7 Å². The van der Waals surface area contributed by atoms with Gasteiger partial charge in [0.15, 0.2) is 0 Å². The smallest absolute Gasteiger partial charge is 0.243 e. The lowest BCUT2D eigenvalue weighted by Crippen LogP contribution is -2.38. The summed E-state index contributed by atoms with van der Waals surface area (Å²) >= 11 is 0. The van der Waals surface area contributed by atoms with E-state index < -0.39 is 10.0 Å².